The highest BCUT2D eigenvalue weighted by molar-refractivity contribution is 6.06. The zero-order valence-electron chi connectivity index (χ0n) is 10.3. The first-order valence-electron chi connectivity index (χ1n) is 5.49. The zero-order chi connectivity index (χ0) is 13.5. The molecule has 5 heteroatoms. The molecule has 0 unspecified atom stereocenters. The van der Waals surface area contributed by atoms with Crippen molar-refractivity contribution in [3.05, 3.63) is 36.0 Å². The van der Waals surface area contributed by atoms with E-state index in [9.17, 15) is 4.79 Å². The molecule has 0 radical (unpaired) electrons. The van der Waals surface area contributed by atoms with E-state index in [2.05, 4.69) is 10.6 Å². The summed E-state index contributed by atoms with van der Waals surface area (Å²) in [5.74, 6) is -0.373. The van der Waals surface area contributed by atoms with Gasteiger partial charge in [0, 0.05) is 17.9 Å². The van der Waals surface area contributed by atoms with Crippen molar-refractivity contribution in [1.82, 2.24) is 5.32 Å². The number of rotatable bonds is 4. The third kappa shape index (κ3) is 4.18. The summed E-state index contributed by atoms with van der Waals surface area (Å²) in [5.41, 5.74) is 0.514. The van der Waals surface area contributed by atoms with Crippen LogP contribution in [0.5, 0.6) is 5.75 Å². The van der Waals surface area contributed by atoms with Gasteiger partial charge in [0.1, 0.15) is 17.4 Å². The Morgan fingerprint density at radius 2 is 2.00 bits per heavy atom. The minimum absolute atomic E-state index is 0.00299. The number of amides is 1. The molecule has 0 saturated heterocycles. The maximum absolute atomic E-state index is 11.7. The average molecular weight is 245 g/mol. The van der Waals surface area contributed by atoms with Crippen LogP contribution in [0.1, 0.15) is 13.8 Å². The van der Waals surface area contributed by atoms with Gasteiger partial charge in [-0.05, 0) is 38.1 Å². The van der Waals surface area contributed by atoms with E-state index in [1.807, 2.05) is 19.9 Å². The molecule has 1 aromatic carbocycles. The monoisotopic (exact) mass is 245 g/mol. The number of nitrogens with zero attached hydrogens (tertiary/aromatic N) is 1. The van der Waals surface area contributed by atoms with Crippen LogP contribution >= 0.6 is 0 Å². The van der Waals surface area contributed by atoms with Crippen molar-refractivity contribution >= 4 is 11.6 Å². The van der Waals surface area contributed by atoms with E-state index >= 15 is 0 Å². The Bertz CT molecular complexity index is 484. The molecule has 1 amide bonds. The van der Waals surface area contributed by atoms with Gasteiger partial charge in [-0.1, -0.05) is 0 Å². The van der Waals surface area contributed by atoms with Crippen LogP contribution in [0.3, 0.4) is 0 Å². The van der Waals surface area contributed by atoms with Gasteiger partial charge in [0.25, 0.3) is 5.91 Å². The van der Waals surface area contributed by atoms with Crippen LogP contribution in [0.15, 0.2) is 36.0 Å². The summed E-state index contributed by atoms with van der Waals surface area (Å²) in [5, 5.41) is 23.4. The highest BCUT2D eigenvalue weighted by Gasteiger charge is 2.09. The summed E-state index contributed by atoms with van der Waals surface area (Å²) >= 11 is 0. The van der Waals surface area contributed by atoms with Crippen molar-refractivity contribution in [2.24, 2.45) is 0 Å². The first-order chi connectivity index (χ1) is 8.52. The van der Waals surface area contributed by atoms with E-state index in [0.717, 1.165) is 0 Å². The van der Waals surface area contributed by atoms with E-state index < -0.39 is 5.91 Å². The lowest BCUT2D eigenvalue weighted by atomic mass is 10.2. The molecule has 0 aliphatic carbocycles. The lowest BCUT2D eigenvalue weighted by Gasteiger charge is -2.06. The summed E-state index contributed by atoms with van der Waals surface area (Å²) < 4.78 is 0. The zero-order valence-corrected chi connectivity index (χ0v) is 10.3. The van der Waals surface area contributed by atoms with Gasteiger partial charge in [-0.3, -0.25) is 4.79 Å². The lowest BCUT2D eigenvalue weighted by Crippen LogP contribution is -2.20. The molecule has 0 aliphatic rings. The smallest absolute Gasteiger partial charge is 0.267 e. The average Bonchev–Trinajstić information content (AvgIpc) is 2.32. The highest BCUT2D eigenvalue weighted by atomic mass is 16.3. The molecule has 0 saturated carbocycles. The Morgan fingerprint density at radius 1 is 1.39 bits per heavy atom. The van der Waals surface area contributed by atoms with Gasteiger partial charge in [0.2, 0.25) is 0 Å². The van der Waals surface area contributed by atoms with Crippen LogP contribution < -0.4 is 10.6 Å². The summed E-state index contributed by atoms with van der Waals surface area (Å²) in [6.07, 6.45) is 1.39. The molecule has 0 aliphatic heterocycles. The number of hydrogen-bond acceptors (Lipinski definition) is 4. The van der Waals surface area contributed by atoms with Crippen molar-refractivity contribution < 1.29 is 9.90 Å². The molecule has 0 aromatic heterocycles. The van der Waals surface area contributed by atoms with Crippen molar-refractivity contribution in [2.75, 3.05) is 5.32 Å². The van der Waals surface area contributed by atoms with Gasteiger partial charge in [-0.2, -0.15) is 5.26 Å². The number of nitrogens with one attached hydrogen (secondary N) is 2. The fourth-order valence-corrected chi connectivity index (χ4v) is 1.14. The highest BCUT2D eigenvalue weighted by Crippen LogP contribution is 2.14. The summed E-state index contributed by atoms with van der Waals surface area (Å²) in [4.78, 5) is 11.7. The number of benzene rings is 1. The molecule has 0 atom stereocenters. The predicted molar refractivity (Wildman–Crippen MR) is 68.7 cm³/mol. The molecular formula is C13H15N3O2. The largest absolute Gasteiger partial charge is 0.508 e. The van der Waals surface area contributed by atoms with Crippen molar-refractivity contribution in [3.8, 4) is 11.8 Å². The maximum Gasteiger partial charge on any atom is 0.267 e. The number of phenols is 1. The minimum atomic E-state index is -0.490. The Balaban J connectivity index is 2.72. The van der Waals surface area contributed by atoms with Gasteiger partial charge in [-0.15, -0.1) is 0 Å². The second-order valence-electron chi connectivity index (χ2n) is 3.99. The van der Waals surface area contributed by atoms with Gasteiger partial charge >= 0.3 is 0 Å². The molecule has 5 nitrogen and oxygen atoms in total. The summed E-state index contributed by atoms with van der Waals surface area (Å²) in [6.45, 7) is 3.81. The van der Waals surface area contributed by atoms with Gasteiger partial charge in [-0.25, -0.2) is 0 Å². The second-order valence-corrected chi connectivity index (χ2v) is 3.99. The molecule has 18 heavy (non-hydrogen) atoms. The third-order valence-electron chi connectivity index (χ3n) is 2.05. The van der Waals surface area contributed by atoms with E-state index in [1.165, 1.54) is 18.3 Å². The topological polar surface area (TPSA) is 85.2 Å². The number of phenolic OH excluding ortho intramolecular Hbond substituents is 1. The number of carbonyl (C=O) groups is 1. The van der Waals surface area contributed by atoms with Crippen LogP contribution in [-0.2, 0) is 4.79 Å². The molecule has 3 N–H and O–H groups in total. The fourth-order valence-electron chi connectivity index (χ4n) is 1.14. The SMILES string of the molecule is CC(C)N/C=C(/C#N)C(=O)Nc1ccc(O)cc1. The molecule has 0 fully saturated rings. The third-order valence-corrected chi connectivity index (χ3v) is 2.05. The molecule has 1 rings (SSSR count). The number of nitriles is 1. The van der Waals surface area contributed by atoms with Crippen LogP contribution in [0.2, 0.25) is 0 Å². The fraction of sp³-hybridized carbons (Fsp3) is 0.231. The Hall–Kier alpha value is -2.48. The maximum atomic E-state index is 11.7. The molecule has 0 heterocycles. The van der Waals surface area contributed by atoms with Gasteiger partial charge in [0.05, 0.1) is 0 Å². The summed E-state index contributed by atoms with van der Waals surface area (Å²) in [6, 6.07) is 7.99. The number of carbonyl (C=O) groups excluding carboxylic acids is 1. The van der Waals surface area contributed by atoms with E-state index in [1.54, 1.807) is 12.1 Å². The first kappa shape index (κ1) is 13.6. The van der Waals surface area contributed by atoms with Crippen LogP contribution in [-0.4, -0.2) is 17.1 Å². The Labute approximate surface area is 106 Å². The van der Waals surface area contributed by atoms with Crippen LogP contribution in [0.4, 0.5) is 5.69 Å². The summed E-state index contributed by atoms with van der Waals surface area (Å²) in [7, 11) is 0. The minimum Gasteiger partial charge on any atom is -0.508 e. The normalized spacial score (nSPS) is 10.9. The van der Waals surface area contributed by atoms with Crippen LogP contribution in [0.25, 0.3) is 0 Å². The number of aromatic hydroxyl groups is 1. The molecule has 0 bridgehead atoms. The predicted octanol–water partition coefficient (Wildman–Crippen LogP) is 1.74. The molecule has 0 spiro atoms. The molecular weight excluding hydrogens is 230 g/mol. The first-order valence-corrected chi connectivity index (χ1v) is 5.49. The van der Waals surface area contributed by atoms with Crippen molar-refractivity contribution in [1.29, 1.82) is 5.26 Å². The van der Waals surface area contributed by atoms with Gasteiger partial charge in [0.15, 0.2) is 0 Å². The van der Waals surface area contributed by atoms with E-state index in [0.29, 0.717) is 5.69 Å². The standard InChI is InChI=1S/C13H15N3O2/c1-9(2)15-8-10(7-14)13(18)16-11-3-5-12(17)6-4-11/h3-6,8-9,15,17H,1-2H3,(H,16,18)/b10-8-. The Kier molecular flexibility index (Phi) is 4.76. The van der Waals surface area contributed by atoms with Crippen LogP contribution in [0, 0.1) is 11.3 Å². The van der Waals surface area contributed by atoms with Crippen molar-refractivity contribution in [3.63, 3.8) is 0 Å². The second kappa shape index (κ2) is 6.30. The lowest BCUT2D eigenvalue weighted by molar-refractivity contribution is -0.112. The van der Waals surface area contributed by atoms with Gasteiger partial charge < -0.3 is 15.7 Å². The molecule has 94 valence electrons. The number of anilines is 1. The Morgan fingerprint density at radius 3 is 2.50 bits per heavy atom. The van der Waals surface area contributed by atoms with E-state index in [4.69, 9.17) is 10.4 Å². The number of hydrogen-bond donors (Lipinski definition) is 3. The quantitative estimate of drug-likeness (QED) is 0.428. The van der Waals surface area contributed by atoms with E-state index in [-0.39, 0.29) is 17.4 Å². The van der Waals surface area contributed by atoms with Crippen molar-refractivity contribution in [2.45, 2.75) is 19.9 Å². The molecule has 1 aromatic rings.